The van der Waals surface area contributed by atoms with Crippen LogP contribution in [0.2, 0.25) is 10.0 Å². The fourth-order valence-corrected chi connectivity index (χ4v) is 4.07. The third kappa shape index (κ3) is 2.79. The number of benzene rings is 2. The second-order valence-corrected chi connectivity index (χ2v) is 7.81. The molecule has 0 fully saturated rings. The van der Waals surface area contributed by atoms with Crippen molar-refractivity contribution in [1.82, 2.24) is 9.13 Å². The molecule has 3 aromatic rings. The number of aromatic nitrogens is 2. The lowest BCUT2D eigenvalue weighted by Crippen LogP contribution is -2.19. The number of nitrogens with one attached hydrogen (secondary N) is 1. The van der Waals surface area contributed by atoms with Crippen LogP contribution in [-0.2, 0) is 24.1 Å². The molecule has 3 rings (SSSR count). The first-order valence-electron chi connectivity index (χ1n) is 6.84. The molecule has 0 aliphatic carbocycles. The molecule has 0 aliphatic heterocycles. The molecule has 0 spiro atoms. The van der Waals surface area contributed by atoms with Gasteiger partial charge in [-0.05, 0) is 30.3 Å². The van der Waals surface area contributed by atoms with Gasteiger partial charge in [-0.2, -0.15) is 0 Å². The highest BCUT2D eigenvalue weighted by molar-refractivity contribution is 7.92. The van der Waals surface area contributed by atoms with E-state index in [1.807, 2.05) is 0 Å². The van der Waals surface area contributed by atoms with Gasteiger partial charge in [-0.1, -0.05) is 29.3 Å². The van der Waals surface area contributed by atoms with Crippen LogP contribution in [0.25, 0.3) is 11.0 Å². The van der Waals surface area contributed by atoms with E-state index in [0.717, 1.165) is 0 Å². The normalized spacial score (nSPS) is 11.8. The molecule has 9 heteroatoms. The first-order chi connectivity index (χ1) is 11.2. The minimum absolute atomic E-state index is 0.0214. The van der Waals surface area contributed by atoms with Crippen molar-refractivity contribution in [3.8, 4) is 0 Å². The second kappa shape index (κ2) is 5.84. The van der Waals surface area contributed by atoms with Crippen LogP contribution in [0.4, 0.5) is 5.69 Å². The van der Waals surface area contributed by atoms with E-state index in [4.69, 9.17) is 23.2 Å². The summed E-state index contributed by atoms with van der Waals surface area (Å²) in [5.74, 6) is 0. The molecule has 0 atom stereocenters. The molecule has 1 N–H and O–H groups in total. The van der Waals surface area contributed by atoms with Gasteiger partial charge in [0.25, 0.3) is 10.0 Å². The van der Waals surface area contributed by atoms with Crippen molar-refractivity contribution in [2.45, 2.75) is 4.90 Å². The molecule has 0 aliphatic rings. The highest BCUT2D eigenvalue weighted by atomic mass is 35.5. The average Bonchev–Trinajstić information content (AvgIpc) is 2.72. The molecular weight excluding hydrogens is 373 g/mol. The summed E-state index contributed by atoms with van der Waals surface area (Å²) in [7, 11) is -0.629. The van der Waals surface area contributed by atoms with Gasteiger partial charge in [0.15, 0.2) is 0 Å². The first-order valence-corrected chi connectivity index (χ1v) is 9.08. The lowest BCUT2D eigenvalue weighted by molar-refractivity contribution is 0.601. The van der Waals surface area contributed by atoms with Crippen molar-refractivity contribution in [2.75, 3.05) is 4.72 Å². The van der Waals surface area contributed by atoms with Crippen LogP contribution in [-0.4, -0.2) is 17.6 Å². The zero-order valence-electron chi connectivity index (χ0n) is 12.7. The van der Waals surface area contributed by atoms with E-state index in [1.54, 1.807) is 32.3 Å². The number of rotatable bonds is 3. The number of hydrogen-bond donors (Lipinski definition) is 1. The first kappa shape index (κ1) is 16.9. The highest BCUT2D eigenvalue weighted by Crippen LogP contribution is 2.29. The summed E-state index contributed by atoms with van der Waals surface area (Å²) in [5, 5.41) is 0.499. The molecule has 126 valence electrons. The minimum Gasteiger partial charge on any atom is -0.295 e. The number of fused-ring (bicyclic) bond motifs is 1. The number of imidazole rings is 1. The Morgan fingerprint density at radius 1 is 1.00 bits per heavy atom. The van der Waals surface area contributed by atoms with Gasteiger partial charge in [0.2, 0.25) is 0 Å². The van der Waals surface area contributed by atoms with E-state index in [2.05, 4.69) is 4.72 Å². The smallest absolute Gasteiger partial charge is 0.295 e. The molecule has 2 aromatic carbocycles. The van der Waals surface area contributed by atoms with Crippen molar-refractivity contribution in [3.63, 3.8) is 0 Å². The Morgan fingerprint density at radius 3 is 2.25 bits per heavy atom. The highest BCUT2D eigenvalue weighted by Gasteiger charge is 2.18. The maximum absolute atomic E-state index is 12.5. The summed E-state index contributed by atoms with van der Waals surface area (Å²) >= 11 is 12.0. The number of nitrogens with zero attached hydrogens (tertiary/aromatic N) is 2. The maximum Gasteiger partial charge on any atom is 0.328 e. The molecule has 0 amide bonds. The number of anilines is 1. The van der Waals surface area contributed by atoms with Crippen LogP contribution in [0.15, 0.2) is 46.1 Å². The SMILES string of the molecule is Cn1c(=O)n(C)c2cc(NS(=O)(=O)c3cccc(Cl)c3)c(Cl)cc21. The zero-order valence-corrected chi connectivity index (χ0v) is 15.1. The molecule has 0 saturated carbocycles. The van der Waals surface area contributed by atoms with E-state index < -0.39 is 10.0 Å². The van der Waals surface area contributed by atoms with E-state index in [9.17, 15) is 13.2 Å². The fraction of sp³-hybridized carbons (Fsp3) is 0.133. The van der Waals surface area contributed by atoms with E-state index in [-0.39, 0.29) is 21.3 Å². The topological polar surface area (TPSA) is 73.1 Å². The predicted molar refractivity (Wildman–Crippen MR) is 95.4 cm³/mol. The van der Waals surface area contributed by atoms with Crippen LogP contribution in [0.1, 0.15) is 0 Å². The van der Waals surface area contributed by atoms with Gasteiger partial charge in [0.1, 0.15) is 0 Å². The van der Waals surface area contributed by atoms with Crippen molar-refractivity contribution in [3.05, 3.63) is 56.9 Å². The van der Waals surface area contributed by atoms with Crippen LogP contribution in [0.5, 0.6) is 0 Å². The summed E-state index contributed by atoms with van der Waals surface area (Å²) in [5.41, 5.74) is 1.13. The molecule has 1 aromatic heterocycles. The standard InChI is InChI=1S/C15H13Cl2N3O3S/c1-19-13-7-11(17)12(8-14(13)20(2)15(19)21)18-24(22,23)10-5-3-4-9(16)6-10/h3-8,18H,1-2H3. The van der Waals surface area contributed by atoms with Crippen molar-refractivity contribution in [2.24, 2.45) is 14.1 Å². The van der Waals surface area contributed by atoms with Crippen LogP contribution >= 0.6 is 23.2 Å². The van der Waals surface area contributed by atoms with Crippen LogP contribution < -0.4 is 10.4 Å². The number of aryl methyl sites for hydroxylation is 2. The summed E-state index contributed by atoms with van der Waals surface area (Å²) < 4.78 is 30.3. The Labute approximate surface area is 148 Å². The average molecular weight is 386 g/mol. The van der Waals surface area contributed by atoms with Gasteiger partial charge in [0.05, 0.1) is 26.6 Å². The fourth-order valence-electron chi connectivity index (χ4n) is 2.44. The van der Waals surface area contributed by atoms with Gasteiger partial charge < -0.3 is 0 Å². The minimum atomic E-state index is -3.86. The van der Waals surface area contributed by atoms with Crippen molar-refractivity contribution in [1.29, 1.82) is 0 Å². The lowest BCUT2D eigenvalue weighted by Gasteiger charge is -2.10. The summed E-state index contributed by atoms with van der Waals surface area (Å²) in [4.78, 5) is 12.0. The number of halogens is 2. The Kier molecular flexibility index (Phi) is 4.11. The van der Waals surface area contributed by atoms with Crippen LogP contribution in [0, 0.1) is 0 Å². The molecule has 0 radical (unpaired) electrons. The number of sulfonamides is 1. The Bertz CT molecular complexity index is 1120. The maximum atomic E-state index is 12.5. The van der Waals surface area contributed by atoms with Crippen molar-refractivity contribution < 1.29 is 8.42 Å². The van der Waals surface area contributed by atoms with Crippen LogP contribution in [0.3, 0.4) is 0 Å². The largest absolute Gasteiger partial charge is 0.328 e. The van der Waals surface area contributed by atoms with E-state index >= 15 is 0 Å². The van der Waals surface area contributed by atoms with E-state index in [1.165, 1.54) is 27.3 Å². The molecule has 0 bridgehead atoms. The summed E-state index contributed by atoms with van der Waals surface area (Å²) in [6.45, 7) is 0. The molecule has 0 unspecified atom stereocenters. The summed E-state index contributed by atoms with van der Waals surface area (Å²) in [6, 6.07) is 8.98. The third-order valence-electron chi connectivity index (χ3n) is 3.71. The van der Waals surface area contributed by atoms with Gasteiger partial charge in [-0.15, -0.1) is 0 Å². The molecule has 6 nitrogen and oxygen atoms in total. The number of hydrogen-bond acceptors (Lipinski definition) is 3. The summed E-state index contributed by atoms with van der Waals surface area (Å²) in [6.07, 6.45) is 0. The predicted octanol–water partition coefficient (Wildman–Crippen LogP) is 2.98. The third-order valence-corrected chi connectivity index (χ3v) is 5.62. The van der Waals surface area contributed by atoms with Gasteiger partial charge in [-0.3, -0.25) is 13.9 Å². The van der Waals surface area contributed by atoms with E-state index in [0.29, 0.717) is 16.1 Å². The second-order valence-electron chi connectivity index (χ2n) is 5.28. The lowest BCUT2D eigenvalue weighted by atomic mass is 10.3. The molecule has 24 heavy (non-hydrogen) atoms. The Morgan fingerprint density at radius 2 is 1.62 bits per heavy atom. The van der Waals surface area contributed by atoms with Crippen molar-refractivity contribution >= 4 is 49.9 Å². The zero-order chi connectivity index (χ0) is 17.6. The quantitative estimate of drug-likeness (QED) is 0.752. The van der Waals surface area contributed by atoms with Gasteiger partial charge in [-0.25, -0.2) is 13.2 Å². The molecular formula is C15H13Cl2N3O3S. The van der Waals surface area contributed by atoms with Gasteiger partial charge >= 0.3 is 5.69 Å². The Hall–Kier alpha value is -1.96. The molecule has 0 saturated heterocycles. The van der Waals surface area contributed by atoms with Gasteiger partial charge in [0, 0.05) is 19.1 Å². The monoisotopic (exact) mass is 385 g/mol. The molecule has 1 heterocycles. The Balaban J connectivity index is 2.12.